The number of esters is 1. The summed E-state index contributed by atoms with van der Waals surface area (Å²) in [5.41, 5.74) is 0.515. The monoisotopic (exact) mass is 363 g/mol. The lowest BCUT2D eigenvalue weighted by Crippen LogP contribution is -2.23. The van der Waals surface area contributed by atoms with Crippen molar-refractivity contribution < 1.29 is 19.1 Å². The van der Waals surface area contributed by atoms with Gasteiger partial charge in [-0.25, -0.2) is 4.79 Å². The number of carbonyl (C=O) groups excluding carboxylic acids is 2. The lowest BCUT2D eigenvalue weighted by molar-refractivity contribution is 0.0597. The Morgan fingerprint density at radius 1 is 0.889 bits per heavy atom. The summed E-state index contributed by atoms with van der Waals surface area (Å²) in [4.78, 5) is 37.6. The Labute approximate surface area is 155 Å². The molecule has 136 valence electrons. The van der Waals surface area contributed by atoms with Gasteiger partial charge in [-0.1, -0.05) is 18.2 Å². The van der Waals surface area contributed by atoms with Crippen molar-refractivity contribution in [2.24, 2.45) is 0 Å². The van der Waals surface area contributed by atoms with Crippen molar-refractivity contribution in [3.63, 3.8) is 0 Å². The maximum atomic E-state index is 13.0. The summed E-state index contributed by atoms with van der Waals surface area (Å²) in [6.45, 7) is 0. The van der Waals surface area contributed by atoms with Crippen LogP contribution in [-0.4, -0.2) is 30.5 Å². The normalized spacial score (nSPS) is 10.3. The molecule has 0 bridgehead atoms. The summed E-state index contributed by atoms with van der Waals surface area (Å²) >= 11 is 0. The average molecular weight is 363 g/mol. The van der Waals surface area contributed by atoms with Crippen LogP contribution in [0, 0.1) is 0 Å². The molecule has 0 spiro atoms. The number of hydrogen-bond acceptors (Lipinski definition) is 5. The van der Waals surface area contributed by atoms with Crippen LogP contribution < -0.4 is 10.3 Å². The number of methoxy groups -OCH3 is 2. The van der Waals surface area contributed by atoms with Gasteiger partial charge in [0.25, 0.3) is 5.56 Å². The fraction of sp³-hybridized carbons (Fsp3) is 0.0952. The Hall–Kier alpha value is -3.67. The van der Waals surface area contributed by atoms with Gasteiger partial charge in [0.2, 0.25) is 0 Å². The highest BCUT2D eigenvalue weighted by atomic mass is 16.5. The van der Waals surface area contributed by atoms with Crippen molar-refractivity contribution in [3.8, 4) is 11.4 Å². The fourth-order valence-corrected chi connectivity index (χ4v) is 2.68. The van der Waals surface area contributed by atoms with E-state index in [-0.39, 0.29) is 11.1 Å². The minimum Gasteiger partial charge on any atom is -0.497 e. The molecule has 27 heavy (non-hydrogen) atoms. The molecule has 6 nitrogen and oxygen atoms in total. The number of carbonyl (C=O) groups is 2. The van der Waals surface area contributed by atoms with Crippen LogP contribution in [0.4, 0.5) is 0 Å². The zero-order valence-electron chi connectivity index (χ0n) is 14.8. The molecule has 6 heteroatoms. The maximum absolute atomic E-state index is 13.0. The van der Waals surface area contributed by atoms with Gasteiger partial charge in [-0.2, -0.15) is 0 Å². The predicted molar refractivity (Wildman–Crippen MR) is 99.8 cm³/mol. The second kappa shape index (κ2) is 7.70. The van der Waals surface area contributed by atoms with E-state index in [1.807, 2.05) is 6.07 Å². The molecule has 1 aromatic heterocycles. The Kier molecular flexibility index (Phi) is 5.17. The molecule has 0 unspecified atom stereocenters. The number of pyridine rings is 1. The van der Waals surface area contributed by atoms with Gasteiger partial charge in [0.1, 0.15) is 5.75 Å². The second-order valence-corrected chi connectivity index (χ2v) is 5.69. The Balaban J connectivity index is 2.17. The Bertz CT molecular complexity index is 1040. The number of benzene rings is 2. The SMILES string of the molecule is COC(=O)c1cc(=O)n(-c2ccccc2)cc1C(=O)c1ccc(OC)cc1. The van der Waals surface area contributed by atoms with Gasteiger partial charge in [-0.15, -0.1) is 0 Å². The summed E-state index contributed by atoms with van der Waals surface area (Å²) in [5, 5.41) is 0. The highest BCUT2D eigenvalue weighted by Crippen LogP contribution is 2.18. The van der Waals surface area contributed by atoms with Crippen molar-refractivity contribution in [2.75, 3.05) is 14.2 Å². The summed E-state index contributed by atoms with van der Waals surface area (Å²) in [6.07, 6.45) is 1.37. The minimum atomic E-state index is -0.746. The van der Waals surface area contributed by atoms with Crippen LogP contribution in [0.2, 0.25) is 0 Å². The third-order valence-corrected chi connectivity index (χ3v) is 4.09. The zero-order chi connectivity index (χ0) is 19.4. The van der Waals surface area contributed by atoms with Crippen LogP contribution in [-0.2, 0) is 4.74 Å². The fourth-order valence-electron chi connectivity index (χ4n) is 2.68. The third kappa shape index (κ3) is 3.64. The number of nitrogens with zero attached hydrogens (tertiary/aromatic N) is 1. The molecule has 0 fully saturated rings. The van der Waals surface area contributed by atoms with Crippen molar-refractivity contribution in [1.29, 1.82) is 0 Å². The summed E-state index contributed by atoms with van der Waals surface area (Å²) in [5.74, 6) is -0.541. The van der Waals surface area contributed by atoms with E-state index in [0.717, 1.165) is 6.07 Å². The molecular formula is C21H17NO5. The quantitative estimate of drug-likeness (QED) is 0.515. The van der Waals surface area contributed by atoms with E-state index in [4.69, 9.17) is 9.47 Å². The van der Waals surface area contributed by atoms with Crippen LogP contribution in [0.25, 0.3) is 5.69 Å². The van der Waals surface area contributed by atoms with E-state index >= 15 is 0 Å². The van der Waals surface area contributed by atoms with Crippen LogP contribution in [0.1, 0.15) is 26.3 Å². The third-order valence-electron chi connectivity index (χ3n) is 4.09. The first-order chi connectivity index (χ1) is 13.0. The number of rotatable bonds is 5. The largest absolute Gasteiger partial charge is 0.497 e. The molecule has 2 aromatic carbocycles. The van der Waals surface area contributed by atoms with Gasteiger partial charge in [-0.3, -0.25) is 14.2 Å². The Morgan fingerprint density at radius 3 is 2.15 bits per heavy atom. The number of ketones is 1. The molecular weight excluding hydrogens is 346 g/mol. The number of aromatic nitrogens is 1. The second-order valence-electron chi connectivity index (χ2n) is 5.69. The summed E-state index contributed by atoms with van der Waals surface area (Å²) < 4.78 is 11.2. The molecule has 3 aromatic rings. The minimum absolute atomic E-state index is 0.0736. The summed E-state index contributed by atoms with van der Waals surface area (Å²) in [7, 11) is 2.73. The van der Waals surface area contributed by atoms with Crippen molar-refractivity contribution >= 4 is 11.8 Å². The van der Waals surface area contributed by atoms with E-state index in [9.17, 15) is 14.4 Å². The first-order valence-corrected chi connectivity index (χ1v) is 8.14. The predicted octanol–water partition coefficient (Wildman–Crippen LogP) is 2.86. The highest BCUT2D eigenvalue weighted by Gasteiger charge is 2.21. The first-order valence-electron chi connectivity index (χ1n) is 8.14. The molecule has 1 heterocycles. The molecule has 0 saturated carbocycles. The molecule has 0 atom stereocenters. The van der Waals surface area contributed by atoms with E-state index in [2.05, 4.69) is 0 Å². The van der Waals surface area contributed by atoms with Crippen LogP contribution in [0.5, 0.6) is 5.75 Å². The van der Waals surface area contributed by atoms with Gasteiger partial charge in [0.15, 0.2) is 5.78 Å². The molecule has 0 amide bonds. The molecule has 3 rings (SSSR count). The molecule has 0 aliphatic heterocycles. The van der Waals surface area contributed by atoms with E-state index in [0.29, 0.717) is 17.0 Å². The van der Waals surface area contributed by atoms with Gasteiger partial charge in [0.05, 0.1) is 25.3 Å². The topological polar surface area (TPSA) is 74.6 Å². The maximum Gasteiger partial charge on any atom is 0.338 e. The Morgan fingerprint density at radius 2 is 1.56 bits per heavy atom. The van der Waals surface area contributed by atoms with E-state index in [1.165, 1.54) is 25.0 Å². The van der Waals surface area contributed by atoms with Crippen molar-refractivity contribution in [1.82, 2.24) is 4.57 Å². The molecule has 0 aliphatic carbocycles. The molecule has 0 radical (unpaired) electrons. The number of para-hydroxylation sites is 1. The molecule has 0 N–H and O–H groups in total. The lowest BCUT2D eigenvalue weighted by atomic mass is 10.00. The van der Waals surface area contributed by atoms with E-state index < -0.39 is 17.3 Å². The first kappa shape index (κ1) is 18.1. The van der Waals surface area contributed by atoms with Gasteiger partial charge < -0.3 is 9.47 Å². The van der Waals surface area contributed by atoms with Crippen LogP contribution >= 0.6 is 0 Å². The van der Waals surface area contributed by atoms with Crippen LogP contribution in [0.3, 0.4) is 0 Å². The number of hydrogen-bond donors (Lipinski definition) is 0. The van der Waals surface area contributed by atoms with Gasteiger partial charge in [-0.05, 0) is 36.4 Å². The highest BCUT2D eigenvalue weighted by molar-refractivity contribution is 6.14. The van der Waals surface area contributed by atoms with E-state index in [1.54, 1.807) is 48.5 Å². The van der Waals surface area contributed by atoms with Crippen LogP contribution in [0.15, 0.2) is 71.7 Å². The standard InChI is InChI=1S/C21H17NO5/c1-26-16-10-8-14(9-11-16)20(24)18-13-22(15-6-4-3-5-7-15)19(23)12-17(18)21(25)27-2/h3-13H,1-2H3. The smallest absolute Gasteiger partial charge is 0.338 e. The summed E-state index contributed by atoms with van der Waals surface area (Å²) in [6, 6.07) is 16.5. The lowest BCUT2D eigenvalue weighted by Gasteiger charge is -2.12. The van der Waals surface area contributed by atoms with Crippen molar-refractivity contribution in [2.45, 2.75) is 0 Å². The van der Waals surface area contributed by atoms with Gasteiger partial charge in [0, 0.05) is 23.5 Å². The number of ether oxygens (including phenoxy) is 2. The van der Waals surface area contributed by atoms with Gasteiger partial charge >= 0.3 is 5.97 Å². The molecule has 0 aliphatic rings. The van der Waals surface area contributed by atoms with Crippen molar-refractivity contribution in [3.05, 3.63) is 93.9 Å². The molecule has 0 saturated heterocycles. The average Bonchev–Trinajstić information content (AvgIpc) is 2.73. The zero-order valence-corrected chi connectivity index (χ0v) is 14.8.